The summed E-state index contributed by atoms with van der Waals surface area (Å²) in [7, 11) is 1.81. The first-order valence-corrected chi connectivity index (χ1v) is 11.1. The summed E-state index contributed by atoms with van der Waals surface area (Å²) >= 11 is 0. The number of nitrogens with zero attached hydrogens (tertiary/aromatic N) is 2. The number of halogens is 1. The van der Waals surface area contributed by atoms with Gasteiger partial charge in [0.1, 0.15) is 17.6 Å². The Morgan fingerprint density at radius 1 is 1.30 bits per heavy atom. The first kappa shape index (κ1) is 26.8. The van der Waals surface area contributed by atoms with Gasteiger partial charge < -0.3 is 25.0 Å². The molecule has 0 aromatic heterocycles. The Balaban J connectivity index is 0.00000450. The number of hydrogen-bond donors (Lipinski definition) is 2. The van der Waals surface area contributed by atoms with Crippen LogP contribution < -0.4 is 20.1 Å². The minimum absolute atomic E-state index is 0. The zero-order valence-corrected chi connectivity index (χ0v) is 21.9. The monoisotopic (exact) mass is 532 g/mol. The van der Waals surface area contributed by atoms with Crippen molar-refractivity contribution < 1.29 is 9.47 Å². The van der Waals surface area contributed by atoms with E-state index in [-0.39, 0.29) is 30.1 Å². The van der Waals surface area contributed by atoms with Crippen LogP contribution in [0.5, 0.6) is 11.5 Å². The minimum Gasteiger partial charge on any atom is -0.494 e. The molecule has 0 spiro atoms. The van der Waals surface area contributed by atoms with Gasteiger partial charge in [0, 0.05) is 37.2 Å². The molecule has 1 aliphatic rings. The van der Waals surface area contributed by atoms with Crippen LogP contribution in [0.1, 0.15) is 58.6 Å². The first-order chi connectivity index (χ1) is 14.0. The summed E-state index contributed by atoms with van der Waals surface area (Å²) in [6.07, 6.45) is 3.47. The Kier molecular flexibility index (Phi) is 12.5. The van der Waals surface area contributed by atoms with Crippen LogP contribution in [-0.2, 0) is 13.0 Å². The van der Waals surface area contributed by atoms with Crippen molar-refractivity contribution in [3.8, 4) is 11.5 Å². The topological polar surface area (TPSA) is 58.1 Å². The second-order valence-corrected chi connectivity index (χ2v) is 7.77. The SMILES string of the molecule is CCOc1cc2c(cc1CNC(=NC)NC(C)CCCN(CC)CC)OC(C)C2.I. The summed E-state index contributed by atoms with van der Waals surface area (Å²) in [5, 5.41) is 6.94. The Labute approximate surface area is 200 Å². The number of nitrogens with one attached hydrogen (secondary N) is 2. The van der Waals surface area contributed by atoms with Gasteiger partial charge in [-0.25, -0.2) is 0 Å². The van der Waals surface area contributed by atoms with Crippen LogP contribution >= 0.6 is 24.0 Å². The van der Waals surface area contributed by atoms with Gasteiger partial charge in [-0.1, -0.05) is 13.8 Å². The molecule has 1 heterocycles. The van der Waals surface area contributed by atoms with Crippen LogP contribution in [0.4, 0.5) is 0 Å². The van der Waals surface area contributed by atoms with Crippen LogP contribution in [0.15, 0.2) is 17.1 Å². The molecule has 0 aliphatic carbocycles. The maximum absolute atomic E-state index is 5.93. The van der Waals surface area contributed by atoms with E-state index in [0.29, 0.717) is 19.2 Å². The van der Waals surface area contributed by atoms with Gasteiger partial charge in [0.2, 0.25) is 0 Å². The van der Waals surface area contributed by atoms with Gasteiger partial charge in [-0.3, -0.25) is 4.99 Å². The van der Waals surface area contributed by atoms with Gasteiger partial charge in [-0.15, -0.1) is 24.0 Å². The van der Waals surface area contributed by atoms with E-state index in [9.17, 15) is 0 Å². The van der Waals surface area contributed by atoms with Crippen molar-refractivity contribution in [3.05, 3.63) is 23.3 Å². The molecule has 2 unspecified atom stereocenters. The number of guanidine groups is 1. The van der Waals surface area contributed by atoms with Crippen LogP contribution in [0.2, 0.25) is 0 Å². The molecule has 0 saturated carbocycles. The van der Waals surface area contributed by atoms with E-state index in [0.717, 1.165) is 55.5 Å². The molecule has 2 N–H and O–H groups in total. The summed E-state index contributed by atoms with van der Waals surface area (Å²) in [5.74, 6) is 2.72. The Bertz CT molecular complexity index is 665. The molecule has 6 nitrogen and oxygen atoms in total. The molecule has 7 heteroatoms. The summed E-state index contributed by atoms with van der Waals surface area (Å²) < 4.78 is 11.8. The molecular formula is C23H41IN4O2. The summed E-state index contributed by atoms with van der Waals surface area (Å²) in [5.41, 5.74) is 2.32. The molecule has 1 aromatic carbocycles. The van der Waals surface area contributed by atoms with Crippen LogP contribution in [0, 0.1) is 0 Å². The number of fused-ring (bicyclic) bond motifs is 1. The lowest BCUT2D eigenvalue weighted by atomic mass is 10.1. The van der Waals surface area contributed by atoms with E-state index in [1.54, 1.807) is 0 Å². The highest BCUT2D eigenvalue weighted by Crippen LogP contribution is 2.35. The van der Waals surface area contributed by atoms with Gasteiger partial charge in [0.25, 0.3) is 0 Å². The van der Waals surface area contributed by atoms with Crippen molar-refractivity contribution in [1.29, 1.82) is 0 Å². The molecule has 172 valence electrons. The summed E-state index contributed by atoms with van der Waals surface area (Å²) in [4.78, 5) is 6.85. The molecule has 0 amide bonds. The zero-order valence-electron chi connectivity index (χ0n) is 19.6. The van der Waals surface area contributed by atoms with Crippen molar-refractivity contribution in [2.75, 3.05) is 33.3 Å². The Morgan fingerprint density at radius 2 is 2.03 bits per heavy atom. The molecule has 2 atom stereocenters. The Morgan fingerprint density at radius 3 is 2.67 bits per heavy atom. The van der Waals surface area contributed by atoms with Gasteiger partial charge in [0.05, 0.1) is 6.61 Å². The quantitative estimate of drug-likeness (QED) is 0.254. The van der Waals surface area contributed by atoms with Gasteiger partial charge in [-0.05, 0) is 65.4 Å². The third-order valence-electron chi connectivity index (χ3n) is 5.44. The number of aliphatic imine (C=N–C) groups is 1. The first-order valence-electron chi connectivity index (χ1n) is 11.1. The van der Waals surface area contributed by atoms with E-state index >= 15 is 0 Å². The predicted octanol–water partition coefficient (Wildman–Crippen LogP) is 4.20. The fourth-order valence-corrected chi connectivity index (χ4v) is 3.75. The second kappa shape index (κ2) is 14.0. The van der Waals surface area contributed by atoms with E-state index in [1.807, 2.05) is 14.0 Å². The van der Waals surface area contributed by atoms with Crippen LogP contribution in [0.3, 0.4) is 0 Å². The standard InChI is InChI=1S/C23H40N4O2.HI/c1-7-27(8-2)12-10-11-17(4)26-23(24-6)25-16-20-15-22-19(13-18(5)29-22)14-21(20)28-9-3;/h14-15,17-18H,7-13,16H2,1-6H3,(H2,24,25,26);1H. The molecular weight excluding hydrogens is 491 g/mol. The molecule has 1 aromatic rings. The highest BCUT2D eigenvalue weighted by molar-refractivity contribution is 14.0. The largest absolute Gasteiger partial charge is 0.494 e. The number of rotatable bonds is 11. The van der Waals surface area contributed by atoms with Crippen molar-refractivity contribution in [1.82, 2.24) is 15.5 Å². The molecule has 0 bridgehead atoms. The summed E-state index contributed by atoms with van der Waals surface area (Å²) in [6.45, 7) is 15.5. The maximum Gasteiger partial charge on any atom is 0.191 e. The molecule has 1 aliphatic heterocycles. The van der Waals surface area contributed by atoms with Gasteiger partial charge in [0.15, 0.2) is 5.96 Å². The van der Waals surface area contributed by atoms with Crippen LogP contribution in [-0.4, -0.2) is 56.3 Å². The molecule has 30 heavy (non-hydrogen) atoms. The average Bonchev–Trinajstić information content (AvgIpc) is 3.07. The minimum atomic E-state index is 0. The smallest absolute Gasteiger partial charge is 0.191 e. The highest BCUT2D eigenvalue weighted by Gasteiger charge is 2.22. The van der Waals surface area contributed by atoms with E-state index < -0.39 is 0 Å². The van der Waals surface area contributed by atoms with Gasteiger partial charge >= 0.3 is 0 Å². The molecule has 2 rings (SSSR count). The lowest BCUT2D eigenvalue weighted by molar-refractivity contribution is 0.254. The molecule has 0 radical (unpaired) electrons. The van der Waals surface area contributed by atoms with E-state index in [4.69, 9.17) is 9.47 Å². The van der Waals surface area contributed by atoms with Crippen molar-refractivity contribution in [2.24, 2.45) is 4.99 Å². The van der Waals surface area contributed by atoms with E-state index in [1.165, 1.54) is 12.0 Å². The third kappa shape index (κ3) is 8.13. The van der Waals surface area contributed by atoms with Crippen molar-refractivity contribution in [2.45, 2.75) is 72.6 Å². The fraction of sp³-hybridized carbons (Fsp3) is 0.696. The molecule has 0 fully saturated rings. The summed E-state index contributed by atoms with van der Waals surface area (Å²) in [6, 6.07) is 4.61. The lowest BCUT2D eigenvalue weighted by Gasteiger charge is -2.21. The van der Waals surface area contributed by atoms with Crippen molar-refractivity contribution >= 4 is 29.9 Å². The van der Waals surface area contributed by atoms with Gasteiger partial charge in [-0.2, -0.15) is 0 Å². The fourth-order valence-electron chi connectivity index (χ4n) is 3.75. The Hall–Kier alpha value is -1.22. The second-order valence-electron chi connectivity index (χ2n) is 7.77. The number of ether oxygens (including phenoxy) is 2. The van der Waals surface area contributed by atoms with Crippen molar-refractivity contribution in [3.63, 3.8) is 0 Å². The predicted molar refractivity (Wildman–Crippen MR) is 137 cm³/mol. The number of hydrogen-bond acceptors (Lipinski definition) is 4. The third-order valence-corrected chi connectivity index (χ3v) is 5.44. The normalized spacial score (nSPS) is 16.5. The number of benzene rings is 1. The maximum atomic E-state index is 5.93. The highest BCUT2D eigenvalue weighted by atomic mass is 127. The zero-order chi connectivity index (χ0) is 21.2. The molecule has 0 saturated heterocycles. The van der Waals surface area contributed by atoms with E-state index in [2.05, 4.69) is 60.4 Å². The van der Waals surface area contributed by atoms with Crippen LogP contribution in [0.25, 0.3) is 0 Å². The average molecular weight is 533 g/mol. The lowest BCUT2D eigenvalue weighted by Crippen LogP contribution is -2.42.